The van der Waals surface area contributed by atoms with Gasteiger partial charge in [0.25, 0.3) is 0 Å². The molecule has 0 spiro atoms. The van der Waals surface area contributed by atoms with Crippen molar-refractivity contribution in [2.24, 2.45) is 0 Å². The van der Waals surface area contributed by atoms with E-state index < -0.39 is 10.0 Å². The fourth-order valence-electron chi connectivity index (χ4n) is 3.01. The normalized spacial score (nSPS) is 11.6. The minimum absolute atomic E-state index is 0.148. The molecule has 0 aliphatic heterocycles. The number of sulfonamides is 1. The van der Waals surface area contributed by atoms with E-state index in [9.17, 15) is 8.42 Å². The minimum atomic E-state index is -3.59. The Bertz CT molecular complexity index is 970. The highest BCUT2D eigenvalue weighted by Gasteiger charge is 2.20. The molecule has 0 unspecified atom stereocenters. The molecule has 1 aromatic heterocycles. The molecule has 6 heteroatoms. The fraction of sp³-hybridized carbons (Fsp3) is 0.211. The third-order valence-corrected chi connectivity index (χ3v) is 5.69. The van der Waals surface area contributed by atoms with Crippen LogP contribution in [0.1, 0.15) is 22.4 Å². The lowest BCUT2D eigenvalue weighted by molar-refractivity contribution is 0.578. The predicted molar refractivity (Wildman–Crippen MR) is 98.2 cm³/mol. The molecule has 0 bridgehead atoms. The van der Waals surface area contributed by atoms with Gasteiger partial charge in [-0.1, -0.05) is 35.9 Å². The second kappa shape index (κ2) is 6.82. The zero-order valence-electron chi connectivity index (χ0n) is 14.5. The van der Waals surface area contributed by atoms with E-state index in [-0.39, 0.29) is 6.54 Å². The first-order chi connectivity index (χ1) is 11.9. The van der Waals surface area contributed by atoms with Gasteiger partial charge in [-0.05, 0) is 50.1 Å². The first-order valence-electron chi connectivity index (χ1n) is 8.04. The molecule has 1 heterocycles. The Morgan fingerprint density at radius 3 is 2.28 bits per heavy atom. The first-order valence-corrected chi connectivity index (χ1v) is 9.52. The first kappa shape index (κ1) is 17.4. The van der Waals surface area contributed by atoms with E-state index in [1.54, 1.807) is 4.68 Å². The van der Waals surface area contributed by atoms with Gasteiger partial charge in [-0.15, -0.1) is 0 Å². The van der Waals surface area contributed by atoms with Crippen LogP contribution >= 0.6 is 0 Å². The van der Waals surface area contributed by atoms with Crippen molar-refractivity contribution in [1.82, 2.24) is 14.5 Å². The van der Waals surface area contributed by atoms with Gasteiger partial charge in [-0.3, -0.25) is 0 Å². The summed E-state index contributed by atoms with van der Waals surface area (Å²) in [6, 6.07) is 15.3. The lowest BCUT2D eigenvalue weighted by atomic mass is 10.1. The molecule has 0 amide bonds. The molecule has 0 saturated heterocycles. The van der Waals surface area contributed by atoms with E-state index in [4.69, 9.17) is 0 Å². The predicted octanol–water partition coefficient (Wildman–Crippen LogP) is 3.28. The Balaban J connectivity index is 1.79. The molecule has 0 atom stereocenters. The van der Waals surface area contributed by atoms with Crippen molar-refractivity contribution < 1.29 is 8.42 Å². The summed E-state index contributed by atoms with van der Waals surface area (Å²) in [5.74, 6) is 0. The molecular formula is C19H21N3O2S. The highest BCUT2D eigenvalue weighted by molar-refractivity contribution is 7.89. The summed E-state index contributed by atoms with van der Waals surface area (Å²) in [5.41, 5.74) is 4.15. The van der Waals surface area contributed by atoms with Crippen LogP contribution in [0.25, 0.3) is 5.69 Å². The van der Waals surface area contributed by atoms with E-state index in [0.29, 0.717) is 10.6 Å². The van der Waals surface area contributed by atoms with Crippen LogP contribution in [-0.2, 0) is 16.6 Å². The fourth-order valence-corrected chi connectivity index (χ4v) is 4.46. The Labute approximate surface area is 148 Å². The van der Waals surface area contributed by atoms with E-state index in [2.05, 4.69) is 9.82 Å². The van der Waals surface area contributed by atoms with Crippen LogP contribution in [-0.4, -0.2) is 18.2 Å². The molecular weight excluding hydrogens is 334 g/mol. The van der Waals surface area contributed by atoms with Crippen LogP contribution in [0.4, 0.5) is 0 Å². The van der Waals surface area contributed by atoms with E-state index in [1.165, 1.54) is 0 Å². The molecule has 130 valence electrons. The van der Waals surface area contributed by atoms with Crippen molar-refractivity contribution in [3.63, 3.8) is 0 Å². The number of nitrogens with zero attached hydrogens (tertiary/aromatic N) is 2. The summed E-state index contributed by atoms with van der Waals surface area (Å²) in [6.07, 6.45) is 1.82. The topological polar surface area (TPSA) is 64.0 Å². The van der Waals surface area contributed by atoms with Crippen LogP contribution in [0.5, 0.6) is 0 Å². The summed E-state index contributed by atoms with van der Waals surface area (Å²) in [4.78, 5) is 0.348. The maximum atomic E-state index is 12.7. The number of hydrogen-bond acceptors (Lipinski definition) is 3. The van der Waals surface area contributed by atoms with Crippen molar-refractivity contribution >= 4 is 10.0 Å². The minimum Gasteiger partial charge on any atom is -0.241 e. The average Bonchev–Trinajstić information content (AvgIpc) is 3.02. The molecule has 0 fully saturated rings. The average molecular weight is 355 g/mol. The number of rotatable bonds is 5. The molecule has 2 aromatic carbocycles. The van der Waals surface area contributed by atoms with Gasteiger partial charge in [0.2, 0.25) is 10.0 Å². The second-order valence-electron chi connectivity index (χ2n) is 6.14. The second-order valence-corrected chi connectivity index (χ2v) is 7.84. The van der Waals surface area contributed by atoms with Gasteiger partial charge in [-0.2, -0.15) is 5.10 Å². The summed E-state index contributed by atoms with van der Waals surface area (Å²) >= 11 is 0. The van der Waals surface area contributed by atoms with Crippen molar-refractivity contribution in [1.29, 1.82) is 0 Å². The molecule has 25 heavy (non-hydrogen) atoms. The van der Waals surface area contributed by atoms with Crippen LogP contribution in [0.3, 0.4) is 0 Å². The number of nitrogens with one attached hydrogen (secondary N) is 1. The zero-order chi connectivity index (χ0) is 18.0. The summed E-state index contributed by atoms with van der Waals surface area (Å²) in [7, 11) is -3.59. The van der Waals surface area contributed by atoms with Crippen LogP contribution in [0, 0.1) is 20.8 Å². The van der Waals surface area contributed by atoms with Crippen molar-refractivity contribution in [3.05, 3.63) is 77.1 Å². The number of para-hydroxylation sites is 1. The maximum Gasteiger partial charge on any atom is 0.241 e. The number of aryl methyl sites for hydroxylation is 3. The van der Waals surface area contributed by atoms with Crippen LogP contribution in [0.2, 0.25) is 0 Å². The molecule has 3 aromatic rings. The number of benzene rings is 2. The smallest absolute Gasteiger partial charge is 0.241 e. The molecule has 0 aliphatic carbocycles. The lowest BCUT2D eigenvalue weighted by Gasteiger charge is -2.12. The van der Waals surface area contributed by atoms with Gasteiger partial charge in [0, 0.05) is 6.20 Å². The van der Waals surface area contributed by atoms with Gasteiger partial charge in [0.15, 0.2) is 0 Å². The Morgan fingerprint density at radius 1 is 1.00 bits per heavy atom. The quantitative estimate of drug-likeness (QED) is 0.764. The van der Waals surface area contributed by atoms with Gasteiger partial charge < -0.3 is 0 Å². The third-order valence-electron chi connectivity index (χ3n) is 3.98. The summed E-state index contributed by atoms with van der Waals surface area (Å²) in [6.45, 7) is 5.74. The van der Waals surface area contributed by atoms with Crippen molar-refractivity contribution in [3.8, 4) is 5.69 Å². The molecule has 3 rings (SSSR count). The Hall–Kier alpha value is -2.44. The van der Waals surface area contributed by atoms with E-state index >= 15 is 0 Å². The third kappa shape index (κ3) is 3.81. The molecule has 0 saturated carbocycles. The van der Waals surface area contributed by atoms with Crippen LogP contribution in [0.15, 0.2) is 59.6 Å². The summed E-state index contributed by atoms with van der Waals surface area (Å²) < 4.78 is 29.8. The molecule has 5 nitrogen and oxygen atoms in total. The van der Waals surface area contributed by atoms with E-state index in [0.717, 1.165) is 22.4 Å². The molecule has 1 N–H and O–H groups in total. The summed E-state index contributed by atoms with van der Waals surface area (Å²) in [5, 5.41) is 4.43. The Kier molecular flexibility index (Phi) is 4.74. The largest absolute Gasteiger partial charge is 0.241 e. The molecule has 0 radical (unpaired) electrons. The van der Waals surface area contributed by atoms with Crippen LogP contribution < -0.4 is 4.72 Å². The Morgan fingerprint density at radius 2 is 1.64 bits per heavy atom. The van der Waals surface area contributed by atoms with Crippen molar-refractivity contribution in [2.75, 3.05) is 0 Å². The molecule has 0 aliphatic rings. The number of hydrogen-bond donors (Lipinski definition) is 1. The SMILES string of the molecule is Cc1cc(C)c(S(=O)(=O)NCc2ccn(-c3ccccc3)n2)c(C)c1. The van der Waals surface area contributed by atoms with Gasteiger partial charge in [0.05, 0.1) is 22.8 Å². The van der Waals surface area contributed by atoms with Gasteiger partial charge in [0.1, 0.15) is 0 Å². The monoisotopic (exact) mass is 355 g/mol. The standard InChI is InChI=1S/C19H21N3O2S/c1-14-11-15(2)19(16(3)12-14)25(23,24)20-13-17-9-10-22(21-17)18-7-5-4-6-8-18/h4-12,20H,13H2,1-3H3. The highest BCUT2D eigenvalue weighted by Crippen LogP contribution is 2.21. The van der Waals surface area contributed by atoms with Gasteiger partial charge in [-0.25, -0.2) is 17.8 Å². The zero-order valence-corrected chi connectivity index (χ0v) is 15.3. The van der Waals surface area contributed by atoms with Gasteiger partial charge >= 0.3 is 0 Å². The van der Waals surface area contributed by atoms with E-state index in [1.807, 2.05) is 75.5 Å². The van der Waals surface area contributed by atoms with Crippen molar-refractivity contribution in [2.45, 2.75) is 32.2 Å². The maximum absolute atomic E-state index is 12.7. The lowest BCUT2D eigenvalue weighted by Crippen LogP contribution is -2.25. The number of aromatic nitrogens is 2. The highest BCUT2D eigenvalue weighted by atomic mass is 32.2.